The Morgan fingerprint density at radius 2 is 2.14 bits per heavy atom. The number of hydrogen-bond acceptors (Lipinski definition) is 5. The van der Waals surface area contributed by atoms with Gasteiger partial charge in [0.05, 0.1) is 13.2 Å². The molecular formula is C20H30ClN5O2. The zero-order valence-electron chi connectivity index (χ0n) is 16.7. The summed E-state index contributed by atoms with van der Waals surface area (Å²) in [5, 5.41) is 13.6. The van der Waals surface area contributed by atoms with Gasteiger partial charge in [-0.05, 0) is 30.8 Å². The molecule has 1 aliphatic rings. The Balaban J connectivity index is 0.00000280. The van der Waals surface area contributed by atoms with Crippen molar-refractivity contribution >= 4 is 18.3 Å². The molecule has 1 aliphatic heterocycles. The molecule has 0 bridgehead atoms. The first-order valence-corrected chi connectivity index (χ1v) is 9.60. The van der Waals surface area contributed by atoms with Crippen LogP contribution in [0.25, 0.3) is 0 Å². The number of nitrogens with one attached hydrogen (secondary N) is 3. The summed E-state index contributed by atoms with van der Waals surface area (Å²) in [4.78, 5) is 15.1. The predicted molar refractivity (Wildman–Crippen MR) is 112 cm³/mol. The number of carbonyl (C=O) groups excluding carboxylic acids is 1. The van der Waals surface area contributed by atoms with Crippen molar-refractivity contribution in [3.63, 3.8) is 0 Å². The van der Waals surface area contributed by atoms with Crippen LogP contribution in [0.4, 0.5) is 0 Å². The van der Waals surface area contributed by atoms with Crippen LogP contribution in [-0.4, -0.2) is 54.3 Å². The van der Waals surface area contributed by atoms with Crippen molar-refractivity contribution in [1.82, 2.24) is 25.7 Å². The fourth-order valence-electron chi connectivity index (χ4n) is 3.66. The SMILES string of the molecule is CCN(CC)C(CNC(=O)c1n[nH]c2c1CNCC2)c1cccc(OC)c1.Cl. The molecule has 0 saturated carbocycles. The molecule has 0 aliphatic carbocycles. The molecule has 0 fully saturated rings. The van der Waals surface area contributed by atoms with Gasteiger partial charge in [-0.3, -0.25) is 14.8 Å². The first-order chi connectivity index (χ1) is 13.2. The van der Waals surface area contributed by atoms with E-state index in [4.69, 9.17) is 4.74 Å². The molecule has 0 radical (unpaired) electrons. The van der Waals surface area contributed by atoms with E-state index in [1.807, 2.05) is 18.2 Å². The lowest BCUT2D eigenvalue weighted by Crippen LogP contribution is -2.38. The highest BCUT2D eigenvalue weighted by molar-refractivity contribution is 5.94. The second-order valence-corrected chi connectivity index (χ2v) is 6.68. The molecule has 2 heterocycles. The van der Waals surface area contributed by atoms with Crippen molar-refractivity contribution in [3.8, 4) is 5.75 Å². The third-order valence-electron chi connectivity index (χ3n) is 5.21. The number of benzene rings is 1. The Morgan fingerprint density at radius 1 is 1.36 bits per heavy atom. The van der Waals surface area contributed by atoms with E-state index >= 15 is 0 Å². The molecule has 0 spiro atoms. The molecule has 1 aromatic heterocycles. The van der Waals surface area contributed by atoms with Gasteiger partial charge in [0.1, 0.15) is 5.75 Å². The number of aromatic nitrogens is 2. The van der Waals surface area contributed by atoms with E-state index in [0.29, 0.717) is 18.8 Å². The predicted octanol–water partition coefficient (Wildman–Crippen LogP) is 2.30. The van der Waals surface area contributed by atoms with Crippen LogP contribution in [0, 0.1) is 0 Å². The van der Waals surface area contributed by atoms with Gasteiger partial charge < -0.3 is 15.4 Å². The number of amides is 1. The van der Waals surface area contributed by atoms with Gasteiger partial charge in [-0.25, -0.2) is 0 Å². The Kier molecular flexibility index (Phi) is 8.29. The van der Waals surface area contributed by atoms with E-state index in [9.17, 15) is 4.79 Å². The van der Waals surface area contributed by atoms with Gasteiger partial charge in [-0.1, -0.05) is 26.0 Å². The monoisotopic (exact) mass is 407 g/mol. The zero-order valence-corrected chi connectivity index (χ0v) is 17.6. The molecule has 1 amide bonds. The van der Waals surface area contributed by atoms with E-state index in [2.05, 4.69) is 45.6 Å². The molecule has 1 unspecified atom stereocenters. The van der Waals surface area contributed by atoms with E-state index in [0.717, 1.165) is 48.6 Å². The summed E-state index contributed by atoms with van der Waals surface area (Å²) in [5.41, 5.74) is 3.68. The van der Waals surface area contributed by atoms with E-state index in [1.165, 1.54) is 0 Å². The fourth-order valence-corrected chi connectivity index (χ4v) is 3.66. The van der Waals surface area contributed by atoms with Crippen molar-refractivity contribution in [1.29, 1.82) is 0 Å². The van der Waals surface area contributed by atoms with Crippen LogP contribution in [-0.2, 0) is 13.0 Å². The third-order valence-corrected chi connectivity index (χ3v) is 5.21. The molecule has 7 nitrogen and oxygen atoms in total. The highest BCUT2D eigenvalue weighted by Crippen LogP contribution is 2.24. The number of nitrogens with zero attached hydrogens (tertiary/aromatic N) is 2. The van der Waals surface area contributed by atoms with Crippen LogP contribution in [0.3, 0.4) is 0 Å². The summed E-state index contributed by atoms with van der Waals surface area (Å²) in [7, 11) is 1.67. The van der Waals surface area contributed by atoms with Crippen molar-refractivity contribution in [2.75, 3.05) is 33.3 Å². The number of fused-ring (bicyclic) bond motifs is 1. The average Bonchev–Trinajstić information content (AvgIpc) is 3.15. The van der Waals surface area contributed by atoms with Gasteiger partial charge in [0.2, 0.25) is 0 Å². The zero-order chi connectivity index (χ0) is 19.2. The number of hydrogen-bond donors (Lipinski definition) is 3. The molecule has 3 N–H and O–H groups in total. The van der Waals surface area contributed by atoms with Crippen molar-refractivity contribution in [3.05, 3.63) is 46.8 Å². The molecule has 1 atom stereocenters. The summed E-state index contributed by atoms with van der Waals surface area (Å²) in [5.74, 6) is 0.694. The Bertz CT molecular complexity index is 776. The van der Waals surface area contributed by atoms with Crippen LogP contribution >= 0.6 is 12.4 Å². The number of likely N-dealkylation sites (N-methyl/N-ethyl adjacent to an activating group) is 1. The third kappa shape index (κ3) is 4.84. The van der Waals surface area contributed by atoms with Gasteiger partial charge in [-0.15, -0.1) is 12.4 Å². The molecule has 1 aromatic carbocycles. The number of halogens is 1. The minimum absolute atomic E-state index is 0. The number of H-pyrrole nitrogens is 1. The highest BCUT2D eigenvalue weighted by Gasteiger charge is 2.24. The number of methoxy groups -OCH3 is 1. The Labute approximate surface area is 172 Å². The number of ether oxygens (including phenoxy) is 1. The van der Waals surface area contributed by atoms with Crippen LogP contribution in [0.1, 0.15) is 47.2 Å². The summed E-state index contributed by atoms with van der Waals surface area (Å²) < 4.78 is 5.37. The quantitative estimate of drug-likeness (QED) is 0.625. The van der Waals surface area contributed by atoms with Crippen LogP contribution in [0.2, 0.25) is 0 Å². The van der Waals surface area contributed by atoms with E-state index < -0.39 is 0 Å². The fraction of sp³-hybridized carbons (Fsp3) is 0.500. The summed E-state index contributed by atoms with van der Waals surface area (Å²) in [6, 6.07) is 8.12. The molecule has 28 heavy (non-hydrogen) atoms. The second kappa shape index (κ2) is 10.5. The first kappa shape index (κ1) is 22.2. The minimum Gasteiger partial charge on any atom is -0.497 e. The maximum Gasteiger partial charge on any atom is 0.272 e. The lowest BCUT2D eigenvalue weighted by atomic mass is 10.0. The summed E-state index contributed by atoms with van der Waals surface area (Å²) in [6.07, 6.45) is 0.876. The van der Waals surface area contributed by atoms with E-state index in [-0.39, 0.29) is 24.4 Å². The maximum atomic E-state index is 12.8. The molecular weight excluding hydrogens is 378 g/mol. The van der Waals surface area contributed by atoms with Gasteiger partial charge in [0.15, 0.2) is 5.69 Å². The van der Waals surface area contributed by atoms with Gasteiger partial charge >= 0.3 is 0 Å². The summed E-state index contributed by atoms with van der Waals surface area (Å²) >= 11 is 0. The lowest BCUT2D eigenvalue weighted by Gasteiger charge is -2.30. The normalized spacial score (nSPS) is 14.1. The van der Waals surface area contributed by atoms with Gasteiger partial charge in [0.25, 0.3) is 5.91 Å². The number of aromatic amines is 1. The van der Waals surface area contributed by atoms with Gasteiger partial charge in [-0.2, -0.15) is 5.10 Å². The average molecular weight is 408 g/mol. The number of rotatable bonds is 8. The van der Waals surface area contributed by atoms with Crippen molar-refractivity contribution in [2.24, 2.45) is 0 Å². The van der Waals surface area contributed by atoms with Crippen LogP contribution in [0.5, 0.6) is 5.75 Å². The van der Waals surface area contributed by atoms with Gasteiger partial charge in [0, 0.05) is 37.3 Å². The maximum absolute atomic E-state index is 12.8. The Morgan fingerprint density at radius 3 is 2.86 bits per heavy atom. The van der Waals surface area contributed by atoms with E-state index in [1.54, 1.807) is 7.11 Å². The summed E-state index contributed by atoms with van der Waals surface area (Å²) in [6.45, 7) is 8.18. The molecule has 154 valence electrons. The van der Waals surface area contributed by atoms with Crippen molar-refractivity contribution < 1.29 is 9.53 Å². The molecule has 3 rings (SSSR count). The second-order valence-electron chi connectivity index (χ2n) is 6.68. The highest BCUT2D eigenvalue weighted by atomic mass is 35.5. The van der Waals surface area contributed by atoms with Crippen molar-refractivity contribution in [2.45, 2.75) is 32.9 Å². The largest absolute Gasteiger partial charge is 0.497 e. The minimum atomic E-state index is -0.128. The Hall–Kier alpha value is -2.09. The topological polar surface area (TPSA) is 82.3 Å². The molecule has 2 aromatic rings. The molecule has 0 saturated heterocycles. The smallest absolute Gasteiger partial charge is 0.272 e. The lowest BCUT2D eigenvalue weighted by molar-refractivity contribution is 0.0928. The number of carbonyl (C=O) groups is 1. The first-order valence-electron chi connectivity index (χ1n) is 9.60. The van der Waals surface area contributed by atoms with Crippen LogP contribution in [0.15, 0.2) is 24.3 Å². The standard InChI is InChI=1S/C20H29N5O2.ClH/c1-4-25(5-2)18(14-7-6-8-15(11-14)27-3)13-22-20(26)19-16-12-21-10-9-17(16)23-24-19;/h6-8,11,18,21H,4-5,9-10,12-13H2,1-3H3,(H,22,26)(H,23,24);1H. The van der Waals surface area contributed by atoms with Crippen LogP contribution < -0.4 is 15.4 Å². The molecule has 8 heteroatoms.